The van der Waals surface area contributed by atoms with Crippen LogP contribution in [0.2, 0.25) is 0 Å². The molecular formula is C25H29N7O18P2. The predicted molar refractivity (Wildman–Crippen MR) is 161 cm³/mol. The van der Waals surface area contributed by atoms with E-state index in [1.165, 1.54) is 23.4 Å². The van der Waals surface area contributed by atoms with E-state index in [9.17, 15) is 53.7 Å². The second kappa shape index (κ2) is 13.7. The van der Waals surface area contributed by atoms with Gasteiger partial charge in [-0.2, -0.15) is 4.31 Å². The van der Waals surface area contributed by atoms with E-state index < -0.39 is 95.2 Å². The van der Waals surface area contributed by atoms with Crippen molar-refractivity contribution >= 4 is 50.5 Å². The minimum absolute atomic E-state index is 0.0135. The van der Waals surface area contributed by atoms with Crippen molar-refractivity contribution in [3.05, 3.63) is 48.9 Å². The van der Waals surface area contributed by atoms with Crippen molar-refractivity contribution in [2.75, 3.05) is 18.9 Å². The molecule has 0 radical (unpaired) electrons. The van der Waals surface area contributed by atoms with Crippen LogP contribution >= 0.6 is 15.6 Å². The summed E-state index contributed by atoms with van der Waals surface area (Å²) in [6.45, 7) is -2.66. The SMILES string of the molecule is NC(=O)C1=CN([C@@H]2O[C@H](COP(=O)(O)OP(=O)(O)OC[C@@]34OC(=O)/C=C/C(=O)O[C@@]3(O)[C@H](O)[C@H](n3cnc5c(N)ncnc53)O4)[C@@H](O)[C@H]2O)C=CC1. The summed E-state index contributed by atoms with van der Waals surface area (Å²) in [5.41, 5.74) is 11.1. The number of aliphatic hydroxyl groups excluding tert-OH is 3. The quantitative estimate of drug-likeness (QED) is 0.0815. The van der Waals surface area contributed by atoms with E-state index in [4.69, 9.17) is 39.5 Å². The number of nitrogens with zero attached hydrogens (tertiary/aromatic N) is 5. The van der Waals surface area contributed by atoms with Crippen LogP contribution in [0.4, 0.5) is 5.82 Å². The smallest absolute Gasteiger partial charge is 0.420 e. The van der Waals surface area contributed by atoms with Gasteiger partial charge in [0.1, 0.15) is 36.8 Å². The number of aromatic nitrogens is 4. The van der Waals surface area contributed by atoms with Crippen LogP contribution in [-0.2, 0) is 55.8 Å². The molecule has 10 atom stereocenters. The molecule has 0 bridgehead atoms. The van der Waals surface area contributed by atoms with Crippen LogP contribution in [0.1, 0.15) is 12.6 Å². The van der Waals surface area contributed by atoms with Crippen LogP contribution in [0.25, 0.3) is 11.2 Å². The predicted octanol–water partition coefficient (Wildman–Crippen LogP) is -3.37. The molecule has 2 unspecified atom stereocenters. The molecule has 282 valence electrons. The van der Waals surface area contributed by atoms with E-state index in [0.717, 1.165) is 17.2 Å². The minimum atomic E-state index is -5.85. The first kappa shape index (κ1) is 37.6. The van der Waals surface area contributed by atoms with Crippen LogP contribution in [0.15, 0.2) is 48.9 Å². The Kier molecular flexibility index (Phi) is 9.86. The second-order valence-corrected chi connectivity index (χ2v) is 14.4. The molecule has 1 amide bonds. The summed E-state index contributed by atoms with van der Waals surface area (Å²) >= 11 is 0. The average molecular weight is 777 g/mol. The Morgan fingerprint density at radius 3 is 2.42 bits per heavy atom. The molecule has 27 heteroatoms. The first-order valence-corrected chi connectivity index (χ1v) is 17.6. The van der Waals surface area contributed by atoms with E-state index in [1.54, 1.807) is 0 Å². The number of ether oxygens (including phenoxy) is 4. The lowest BCUT2D eigenvalue weighted by Crippen LogP contribution is -2.63. The second-order valence-electron chi connectivity index (χ2n) is 11.4. The molecule has 52 heavy (non-hydrogen) atoms. The van der Waals surface area contributed by atoms with Crippen molar-refractivity contribution in [3.8, 4) is 0 Å². The highest BCUT2D eigenvalue weighted by atomic mass is 31.3. The third kappa shape index (κ3) is 6.97. The number of primary amides is 1. The van der Waals surface area contributed by atoms with Gasteiger partial charge in [0.15, 0.2) is 30.0 Å². The maximum atomic E-state index is 12.9. The number of carbonyl (C=O) groups excluding carboxylic acids is 3. The van der Waals surface area contributed by atoms with E-state index in [1.807, 2.05) is 0 Å². The van der Waals surface area contributed by atoms with Crippen LogP contribution in [0, 0.1) is 0 Å². The number of fused-ring (bicyclic) bond motifs is 2. The van der Waals surface area contributed by atoms with Crippen LogP contribution in [0.5, 0.6) is 0 Å². The number of nitrogen functional groups attached to an aromatic ring is 1. The monoisotopic (exact) mass is 777 g/mol. The number of carbonyl (C=O) groups is 3. The number of imidazole rings is 1. The van der Waals surface area contributed by atoms with Crippen molar-refractivity contribution in [3.63, 3.8) is 0 Å². The molecule has 6 heterocycles. The minimum Gasteiger partial charge on any atom is -0.420 e. The van der Waals surface area contributed by atoms with Gasteiger partial charge in [0.2, 0.25) is 5.91 Å². The molecular weight excluding hydrogens is 748 g/mol. The number of esters is 2. The number of phosphoric acid groups is 2. The number of hydrogen-bond donors (Lipinski definition) is 8. The lowest BCUT2D eigenvalue weighted by Gasteiger charge is -2.39. The van der Waals surface area contributed by atoms with Crippen molar-refractivity contribution in [2.45, 2.75) is 54.9 Å². The normalized spacial score (nSPS) is 34.7. The summed E-state index contributed by atoms with van der Waals surface area (Å²) in [5.74, 6) is -10.3. The molecule has 4 aliphatic rings. The maximum absolute atomic E-state index is 12.9. The molecule has 0 aromatic carbocycles. The molecule has 6 rings (SSSR count). The van der Waals surface area contributed by atoms with Gasteiger partial charge in [0.25, 0.3) is 0 Å². The topological polar surface area (TPSA) is 370 Å². The summed E-state index contributed by atoms with van der Waals surface area (Å²) in [5, 5.41) is 43.7. The van der Waals surface area contributed by atoms with Gasteiger partial charge in [-0.1, -0.05) is 6.08 Å². The van der Waals surface area contributed by atoms with Gasteiger partial charge in [-0.25, -0.2) is 33.7 Å². The zero-order valence-corrected chi connectivity index (χ0v) is 27.8. The van der Waals surface area contributed by atoms with Crippen molar-refractivity contribution in [1.29, 1.82) is 0 Å². The van der Waals surface area contributed by atoms with Gasteiger partial charge in [-0.05, 0) is 6.42 Å². The third-order valence-electron chi connectivity index (χ3n) is 7.96. The van der Waals surface area contributed by atoms with Gasteiger partial charge >= 0.3 is 39.2 Å². The van der Waals surface area contributed by atoms with Crippen LogP contribution in [0.3, 0.4) is 0 Å². The molecule has 2 aromatic heterocycles. The zero-order chi connectivity index (χ0) is 37.8. The molecule has 4 aliphatic heterocycles. The highest BCUT2D eigenvalue weighted by Gasteiger charge is 2.73. The van der Waals surface area contributed by atoms with Gasteiger partial charge in [0.05, 0.1) is 12.9 Å². The highest BCUT2D eigenvalue weighted by molar-refractivity contribution is 7.61. The number of nitrogens with two attached hydrogens (primary N) is 2. The number of phosphoric ester groups is 2. The van der Waals surface area contributed by atoms with Gasteiger partial charge in [-0.15, -0.1) is 0 Å². The first-order chi connectivity index (χ1) is 24.4. The lowest BCUT2D eigenvalue weighted by atomic mass is 10.0. The standard InChI is InChI=1S/C25H29N7O18P2/c26-19-15-21(29-9-28-19)32(10-30-15)23-18(37)25(39)24(49-23,47-13(33)3-4-14(34)48-25)8-45-52(42,43)50-51(40,41)44-7-12-16(35)17(36)22(46-12)31-5-1-2-11(6-31)20(27)38/h1,3-6,9-10,12,16-18,22-23,35-37,39H,2,7-8H2,(H2,27,38)(H,40,41)(H,42,43)(H2,26,28,29)/b4-3+/t12-,16-,17-,18-,22-,23-,24+,25+/m1/s1. The average Bonchev–Trinajstić information content (AvgIpc) is 3.69. The van der Waals surface area contributed by atoms with Gasteiger partial charge in [0, 0.05) is 30.1 Å². The van der Waals surface area contributed by atoms with Crippen molar-refractivity contribution in [2.24, 2.45) is 5.73 Å². The van der Waals surface area contributed by atoms with Crippen LogP contribution < -0.4 is 11.5 Å². The molecule has 2 saturated heterocycles. The van der Waals surface area contributed by atoms with E-state index >= 15 is 0 Å². The summed E-state index contributed by atoms with van der Waals surface area (Å²) in [4.78, 5) is 70.1. The number of aliphatic hydroxyl groups is 4. The Hall–Kier alpha value is -4.20. The largest absolute Gasteiger partial charge is 0.481 e. The maximum Gasteiger partial charge on any atom is 0.481 e. The Morgan fingerprint density at radius 2 is 1.71 bits per heavy atom. The number of anilines is 1. The molecule has 0 saturated carbocycles. The third-order valence-corrected chi connectivity index (χ3v) is 10.5. The Labute approximate surface area is 289 Å². The van der Waals surface area contributed by atoms with Crippen molar-refractivity contribution < 1.29 is 86.0 Å². The Morgan fingerprint density at radius 1 is 1.02 bits per heavy atom. The molecule has 0 spiro atoms. The summed E-state index contributed by atoms with van der Waals surface area (Å²) < 4.78 is 61.6. The Bertz CT molecular complexity index is 1980. The highest BCUT2D eigenvalue weighted by Crippen LogP contribution is 2.61. The number of hydrogen-bond acceptors (Lipinski definition) is 21. The molecule has 10 N–H and O–H groups in total. The fourth-order valence-corrected chi connectivity index (χ4v) is 7.56. The summed E-state index contributed by atoms with van der Waals surface area (Å²) in [6, 6.07) is 0. The lowest BCUT2D eigenvalue weighted by molar-refractivity contribution is -0.356. The number of rotatable bonds is 11. The summed E-state index contributed by atoms with van der Waals surface area (Å²) in [6.07, 6.45) is -3.15. The first-order valence-electron chi connectivity index (χ1n) is 14.6. The zero-order valence-electron chi connectivity index (χ0n) is 26.0. The molecule has 2 aromatic rings. The summed E-state index contributed by atoms with van der Waals surface area (Å²) in [7, 11) is -11.5. The Balaban J connectivity index is 1.17. The van der Waals surface area contributed by atoms with E-state index in [-0.39, 0.29) is 29.0 Å². The molecule has 2 fully saturated rings. The fourth-order valence-electron chi connectivity index (χ4n) is 5.47. The van der Waals surface area contributed by atoms with E-state index in [0.29, 0.717) is 12.2 Å². The van der Waals surface area contributed by atoms with Gasteiger partial charge < -0.3 is 65.5 Å². The molecule has 0 aliphatic carbocycles. The fraction of sp³-hybridized carbons (Fsp3) is 0.440. The number of amides is 1. The van der Waals surface area contributed by atoms with Crippen LogP contribution in [-0.4, -0.2) is 128 Å². The van der Waals surface area contributed by atoms with Gasteiger partial charge in [-0.3, -0.25) is 18.4 Å². The molecule has 25 nitrogen and oxygen atoms in total. The van der Waals surface area contributed by atoms with Crippen molar-refractivity contribution in [1.82, 2.24) is 24.4 Å². The number of allylic oxidation sites excluding steroid dienone is 1. The van der Waals surface area contributed by atoms with E-state index in [2.05, 4.69) is 19.3 Å².